The van der Waals surface area contributed by atoms with Crippen molar-refractivity contribution in [2.75, 3.05) is 0 Å². The van der Waals surface area contributed by atoms with Crippen LogP contribution < -0.4 is 16.0 Å². The van der Waals surface area contributed by atoms with Crippen LogP contribution in [0.4, 0.5) is 9.59 Å². The number of benzene rings is 2. The van der Waals surface area contributed by atoms with Crippen molar-refractivity contribution in [3.63, 3.8) is 0 Å². The van der Waals surface area contributed by atoms with Crippen LogP contribution in [-0.4, -0.2) is 56.8 Å². The summed E-state index contributed by atoms with van der Waals surface area (Å²) < 4.78 is 12.0. The Morgan fingerprint density at radius 1 is 0.744 bits per heavy atom. The van der Waals surface area contributed by atoms with E-state index >= 15 is 0 Å². The van der Waals surface area contributed by atoms with Crippen molar-refractivity contribution in [1.82, 2.24) is 25.5 Å². The van der Waals surface area contributed by atoms with E-state index in [0.717, 1.165) is 11.1 Å². The maximum atomic E-state index is 13.6. The number of aromatic nitrogens is 2. The van der Waals surface area contributed by atoms with Crippen molar-refractivity contribution in [2.24, 2.45) is 0 Å². The van der Waals surface area contributed by atoms with Crippen LogP contribution in [0.3, 0.4) is 0 Å². The first-order valence-electron chi connectivity index (χ1n) is 14.1. The molecule has 0 saturated carbocycles. The van der Waals surface area contributed by atoms with E-state index in [-0.39, 0.29) is 19.4 Å². The lowest BCUT2D eigenvalue weighted by atomic mass is 10.0. The predicted molar refractivity (Wildman–Crippen MR) is 161 cm³/mol. The van der Waals surface area contributed by atoms with Gasteiger partial charge >= 0.3 is 12.2 Å². The quantitative estimate of drug-likeness (QED) is 0.322. The SMILES string of the molecule is CC(C)(C)OC(=O)N[C@@H](Cc1ccccc1)C(=O)N[C@@H](Cc1cn(C(=O)OC(C)(C)C)cn1)C(=O)NCc1ccccc1. The summed E-state index contributed by atoms with van der Waals surface area (Å²) in [5.41, 5.74) is 0.587. The number of alkyl carbamates (subject to hydrolysis) is 1. The lowest BCUT2D eigenvalue weighted by molar-refractivity contribution is -0.130. The van der Waals surface area contributed by atoms with Gasteiger partial charge in [-0.1, -0.05) is 60.7 Å². The summed E-state index contributed by atoms with van der Waals surface area (Å²) in [6.45, 7) is 10.7. The van der Waals surface area contributed by atoms with Crippen molar-refractivity contribution in [3.8, 4) is 0 Å². The van der Waals surface area contributed by atoms with Crippen LogP contribution in [0.5, 0.6) is 0 Å². The Labute approximate surface area is 252 Å². The van der Waals surface area contributed by atoms with Gasteiger partial charge in [-0.15, -0.1) is 0 Å². The molecule has 2 atom stereocenters. The summed E-state index contributed by atoms with van der Waals surface area (Å²) in [6, 6.07) is 16.4. The monoisotopic (exact) mass is 591 g/mol. The van der Waals surface area contributed by atoms with Crippen LogP contribution in [-0.2, 0) is 38.4 Å². The van der Waals surface area contributed by atoms with Crippen molar-refractivity contribution >= 4 is 24.0 Å². The Morgan fingerprint density at radius 3 is 1.88 bits per heavy atom. The number of nitrogens with one attached hydrogen (secondary N) is 3. The summed E-state index contributed by atoms with van der Waals surface area (Å²) in [4.78, 5) is 56.5. The van der Waals surface area contributed by atoms with Crippen LogP contribution in [0, 0.1) is 0 Å². The van der Waals surface area contributed by atoms with Crippen LogP contribution >= 0.6 is 0 Å². The zero-order valence-corrected chi connectivity index (χ0v) is 25.5. The van der Waals surface area contributed by atoms with Crippen molar-refractivity contribution in [2.45, 2.75) is 84.2 Å². The lowest BCUT2D eigenvalue weighted by Crippen LogP contribution is -2.55. The first kappa shape index (κ1) is 32.8. The number of carbonyl (C=O) groups is 4. The number of imidazole rings is 1. The molecule has 0 aliphatic heterocycles. The highest BCUT2D eigenvalue weighted by atomic mass is 16.6. The lowest BCUT2D eigenvalue weighted by Gasteiger charge is -2.25. The third-order valence-electron chi connectivity index (χ3n) is 5.89. The molecule has 0 aliphatic rings. The number of hydrogen-bond donors (Lipinski definition) is 3. The second-order valence-electron chi connectivity index (χ2n) is 12.1. The van der Waals surface area contributed by atoms with Gasteiger partial charge in [-0.05, 0) is 52.7 Å². The van der Waals surface area contributed by atoms with Crippen LogP contribution in [0.1, 0.15) is 58.4 Å². The predicted octanol–water partition coefficient (Wildman–Crippen LogP) is 4.15. The van der Waals surface area contributed by atoms with Crippen LogP contribution in [0.15, 0.2) is 73.2 Å². The molecule has 3 rings (SSSR count). The fourth-order valence-electron chi connectivity index (χ4n) is 3.99. The van der Waals surface area contributed by atoms with Crippen LogP contribution in [0.25, 0.3) is 0 Å². The van der Waals surface area contributed by atoms with Gasteiger partial charge < -0.3 is 25.4 Å². The molecule has 11 heteroatoms. The van der Waals surface area contributed by atoms with E-state index < -0.39 is 47.3 Å². The van der Waals surface area contributed by atoms with Crippen molar-refractivity contribution in [3.05, 3.63) is 90.0 Å². The Kier molecular flexibility index (Phi) is 11.1. The third-order valence-corrected chi connectivity index (χ3v) is 5.89. The number of carbonyl (C=O) groups excluding carboxylic acids is 4. The molecule has 230 valence electrons. The highest BCUT2D eigenvalue weighted by Crippen LogP contribution is 2.12. The smallest absolute Gasteiger partial charge is 0.419 e. The topological polar surface area (TPSA) is 141 Å². The maximum Gasteiger partial charge on any atom is 0.419 e. The summed E-state index contributed by atoms with van der Waals surface area (Å²) >= 11 is 0. The van der Waals surface area contributed by atoms with Gasteiger partial charge in [-0.2, -0.15) is 0 Å². The van der Waals surface area contributed by atoms with Gasteiger partial charge in [0.05, 0.1) is 5.69 Å². The molecular formula is C32H41N5O6. The summed E-state index contributed by atoms with van der Waals surface area (Å²) in [5, 5.41) is 8.28. The third kappa shape index (κ3) is 11.6. The van der Waals surface area contributed by atoms with Gasteiger partial charge in [-0.3, -0.25) is 9.59 Å². The highest BCUT2D eigenvalue weighted by Gasteiger charge is 2.29. The van der Waals surface area contributed by atoms with E-state index in [0.29, 0.717) is 5.69 Å². The van der Waals surface area contributed by atoms with Crippen molar-refractivity contribution < 1.29 is 28.7 Å². The Balaban J connectivity index is 1.82. The molecule has 1 heterocycles. The average molecular weight is 592 g/mol. The molecule has 0 unspecified atom stereocenters. The van der Waals surface area contributed by atoms with Gasteiger partial charge in [-0.25, -0.2) is 19.1 Å². The number of amides is 3. The summed E-state index contributed by atoms with van der Waals surface area (Å²) in [7, 11) is 0. The number of hydrogen-bond acceptors (Lipinski definition) is 7. The molecule has 3 amide bonds. The molecular weight excluding hydrogens is 550 g/mol. The molecule has 0 fully saturated rings. The minimum atomic E-state index is -1.07. The van der Waals surface area contributed by atoms with Gasteiger partial charge in [0.1, 0.15) is 29.6 Å². The van der Waals surface area contributed by atoms with Gasteiger partial charge in [0, 0.05) is 25.6 Å². The standard InChI is InChI=1S/C32H41N5O6/c1-31(2,3)42-29(40)36-25(17-22-13-9-7-10-14-22)28(39)35-26(27(38)33-19-23-15-11-8-12-16-23)18-24-20-37(21-34-24)30(41)43-32(4,5)6/h7-16,20-21,25-26H,17-19H2,1-6H3,(H,33,38)(H,35,39)(H,36,40)/t25-,26-/m0/s1. The zero-order valence-electron chi connectivity index (χ0n) is 25.5. The molecule has 0 bridgehead atoms. The molecule has 0 saturated heterocycles. The Bertz CT molecular complexity index is 1380. The van der Waals surface area contributed by atoms with Gasteiger partial charge in [0.2, 0.25) is 11.8 Å². The summed E-state index contributed by atoms with van der Waals surface area (Å²) in [5.74, 6) is -1.04. The Hall–Kier alpha value is -4.67. The number of rotatable bonds is 10. The number of ether oxygens (including phenoxy) is 2. The second kappa shape index (κ2) is 14.5. The minimum Gasteiger partial charge on any atom is -0.444 e. The maximum absolute atomic E-state index is 13.6. The molecule has 43 heavy (non-hydrogen) atoms. The normalized spacial score (nSPS) is 12.9. The molecule has 11 nitrogen and oxygen atoms in total. The minimum absolute atomic E-state index is 0.0212. The molecule has 3 N–H and O–H groups in total. The van der Waals surface area contributed by atoms with E-state index in [2.05, 4.69) is 20.9 Å². The second-order valence-corrected chi connectivity index (χ2v) is 12.1. The molecule has 0 radical (unpaired) electrons. The molecule has 0 aliphatic carbocycles. The Morgan fingerprint density at radius 2 is 1.30 bits per heavy atom. The van der Waals surface area contributed by atoms with E-state index in [9.17, 15) is 19.2 Å². The van der Waals surface area contributed by atoms with E-state index in [1.807, 2.05) is 60.7 Å². The highest BCUT2D eigenvalue weighted by molar-refractivity contribution is 5.91. The van der Waals surface area contributed by atoms with Crippen LogP contribution in [0.2, 0.25) is 0 Å². The molecule has 0 spiro atoms. The zero-order chi connectivity index (χ0) is 31.6. The fourth-order valence-corrected chi connectivity index (χ4v) is 3.99. The number of nitrogens with zero attached hydrogens (tertiary/aromatic N) is 2. The van der Waals surface area contributed by atoms with Gasteiger partial charge in [0.15, 0.2) is 0 Å². The molecule has 3 aromatic rings. The average Bonchev–Trinajstić information content (AvgIpc) is 3.39. The fraction of sp³-hybridized carbons (Fsp3) is 0.406. The summed E-state index contributed by atoms with van der Waals surface area (Å²) in [6.07, 6.45) is 1.52. The molecule has 2 aromatic carbocycles. The largest absolute Gasteiger partial charge is 0.444 e. The first-order chi connectivity index (χ1) is 20.2. The van der Waals surface area contributed by atoms with E-state index in [4.69, 9.17) is 9.47 Å². The first-order valence-corrected chi connectivity index (χ1v) is 14.1. The van der Waals surface area contributed by atoms with Crippen molar-refractivity contribution in [1.29, 1.82) is 0 Å². The molecule has 1 aromatic heterocycles. The van der Waals surface area contributed by atoms with E-state index in [1.165, 1.54) is 17.1 Å². The van der Waals surface area contributed by atoms with Gasteiger partial charge in [0.25, 0.3) is 0 Å². The van der Waals surface area contributed by atoms with E-state index in [1.54, 1.807) is 41.5 Å².